The Labute approximate surface area is 81.3 Å². The number of nitrogen functional groups attached to an aromatic ring is 1. The molecule has 0 aliphatic rings. The lowest BCUT2D eigenvalue weighted by Gasteiger charge is -2.06. The minimum Gasteiger partial charge on any atom is -0.480 e. The van der Waals surface area contributed by atoms with Crippen LogP contribution in [0.5, 0.6) is 5.88 Å². The first-order valence-corrected chi connectivity index (χ1v) is 4.00. The van der Waals surface area contributed by atoms with Gasteiger partial charge < -0.3 is 10.5 Å². The summed E-state index contributed by atoms with van der Waals surface area (Å²) in [7, 11) is 1.31. The molecule has 2 N–H and O–H groups in total. The summed E-state index contributed by atoms with van der Waals surface area (Å²) in [4.78, 5) is 6.97. The van der Waals surface area contributed by atoms with Crippen LogP contribution in [0.2, 0.25) is 0 Å². The fourth-order valence-corrected chi connectivity index (χ4v) is 1.25. The Morgan fingerprint density at radius 1 is 1.46 bits per heavy atom. The second-order valence-electron chi connectivity index (χ2n) is 2.09. The third-order valence-electron chi connectivity index (χ3n) is 1.26. The van der Waals surface area contributed by atoms with Gasteiger partial charge in [0.25, 0.3) is 6.43 Å². The maximum Gasteiger partial charge on any atom is 0.281 e. The normalized spacial score (nSPS) is 10.5. The molecular weight excluding hydrogens is 248 g/mol. The molecule has 0 aliphatic carbocycles. The van der Waals surface area contributed by atoms with Gasteiger partial charge in [-0.25, -0.2) is 13.8 Å². The summed E-state index contributed by atoms with van der Waals surface area (Å²) in [5.41, 5.74) is 4.72. The van der Waals surface area contributed by atoms with Gasteiger partial charge in [-0.05, 0) is 15.9 Å². The summed E-state index contributed by atoms with van der Waals surface area (Å²) in [5.74, 6) is -0.238. The molecule has 13 heavy (non-hydrogen) atoms. The minimum atomic E-state index is -2.71. The van der Waals surface area contributed by atoms with Crippen molar-refractivity contribution in [3.05, 3.63) is 10.2 Å². The van der Waals surface area contributed by atoms with E-state index in [4.69, 9.17) is 10.5 Å². The number of aromatic nitrogens is 2. The number of hydrogen-bond acceptors (Lipinski definition) is 4. The predicted molar refractivity (Wildman–Crippen MR) is 45.7 cm³/mol. The molecule has 0 saturated carbocycles. The minimum absolute atomic E-state index is 0.00259. The third kappa shape index (κ3) is 2.03. The van der Waals surface area contributed by atoms with Gasteiger partial charge in [0.15, 0.2) is 0 Å². The number of nitrogens with zero attached hydrogens (tertiary/aromatic N) is 2. The van der Waals surface area contributed by atoms with Gasteiger partial charge in [0.05, 0.1) is 7.11 Å². The van der Waals surface area contributed by atoms with Crippen LogP contribution in [-0.2, 0) is 0 Å². The molecule has 1 rings (SSSR count). The lowest BCUT2D eigenvalue weighted by Crippen LogP contribution is -2.03. The second-order valence-corrected chi connectivity index (χ2v) is 2.88. The maximum absolute atomic E-state index is 12.3. The van der Waals surface area contributed by atoms with E-state index in [0.29, 0.717) is 0 Å². The average Bonchev–Trinajstić information content (AvgIpc) is 2.08. The van der Waals surface area contributed by atoms with E-state index >= 15 is 0 Å². The van der Waals surface area contributed by atoms with Crippen LogP contribution in [0, 0.1) is 0 Å². The SMILES string of the molecule is COc1nc(N)nc(C(F)F)c1Br. The second kappa shape index (κ2) is 3.82. The van der Waals surface area contributed by atoms with Gasteiger partial charge in [0, 0.05) is 0 Å². The lowest BCUT2D eigenvalue weighted by atomic mass is 10.4. The molecule has 1 aromatic heterocycles. The van der Waals surface area contributed by atoms with E-state index in [0.717, 1.165) is 0 Å². The highest BCUT2D eigenvalue weighted by Gasteiger charge is 2.19. The number of hydrogen-bond donors (Lipinski definition) is 1. The fourth-order valence-electron chi connectivity index (χ4n) is 0.740. The van der Waals surface area contributed by atoms with Crippen LogP contribution in [-0.4, -0.2) is 17.1 Å². The highest BCUT2D eigenvalue weighted by molar-refractivity contribution is 9.10. The zero-order valence-electron chi connectivity index (χ0n) is 6.59. The summed E-state index contributed by atoms with van der Waals surface area (Å²) in [6.45, 7) is 0. The highest BCUT2D eigenvalue weighted by atomic mass is 79.9. The van der Waals surface area contributed by atoms with E-state index in [1.54, 1.807) is 0 Å². The molecule has 0 radical (unpaired) electrons. The van der Waals surface area contributed by atoms with Crippen molar-refractivity contribution in [3.63, 3.8) is 0 Å². The Hall–Kier alpha value is -0.980. The molecule has 0 aliphatic heterocycles. The van der Waals surface area contributed by atoms with Crippen LogP contribution in [0.4, 0.5) is 14.7 Å². The van der Waals surface area contributed by atoms with E-state index in [-0.39, 0.29) is 16.3 Å². The molecule has 1 heterocycles. The van der Waals surface area contributed by atoms with Gasteiger partial charge in [-0.2, -0.15) is 4.98 Å². The van der Waals surface area contributed by atoms with Crippen molar-refractivity contribution in [3.8, 4) is 5.88 Å². The zero-order chi connectivity index (χ0) is 10.0. The molecule has 1 aromatic rings. The molecule has 0 amide bonds. The van der Waals surface area contributed by atoms with Crippen LogP contribution in [0.3, 0.4) is 0 Å². The van der Waals surface area contributed by atoms with Crippen molar-refractivity contribution in [1.29, 1.82) is 0 Å². The van der Waals surface area contributed by atoms with Gasteiger partial charge in [-0.1, -0.05) is 0 Å². The Bertz CT molecular complexity index is 321. The van der Waals surface area contributed by atoms with Crippen LogP contribution >= 0.6 is 15.9 Å². The van der Waals surface area contributed by atoms with Crippen LogP contribution in [0.15, 0.2) is 4.47 Å². The van der Waals surface area contributed by atoms with Crippen LogP contribution < -0.4 is 10.5 Å². The highest BCUT2D eigenvalue weighted by Crippen LogP contribution is 2.32. The average molecular weight is 254 g/mol. The molecule has 4 nitrogen and oxygen atoms in total. The first kappa shape index (κ1) is 10.1. The summed E-state index contributed by atoms with van der Waals surface area (Å²) in [6.07, 6.45) is -2.71. The molecule has 7 heteroatoms. The number of nitrogens with two attached hydrogens (primary N) is 1. The van der Waals surface area contributed by atoms with E-state index in [1.165, 1.54) is 7.11 Å². The number of halogens is 3. The van der Waals surface area contributed by atoms with Gasteiger partial charge >= 0.3 is 0 Å². The first-order valence-electron chi connectivity index (χ1n) is 3.21. The number of alkyl halides is 2. The zero-order valence-corrected chi connectivity index (χ0v) is 8.18. The van der Waals surface area contributed by atoms with Crippen molar-refractivity contribution in [2.24, 2.45) is 0 Å². The standard InChI is InChI=1S/C6H6BrF2N3O/c1-13-5-2(7)3(4(8)9)11-6(10)12-5/h4H,1H3,(H2,10,11,12). The first-order chi connectivity index (χ1) is 6.06. The Balaban J connectivity index is 3.27. The molecule has 72 valence electrons. The topological polar surface area (TPSA) is 61.0 Å². The molecule has 0 bridgehead atoms. The quantitative estimate of drug-likeness (QED) is 0.873. The summed E-state index contributed by atoms with van der Waals surface area (Å²) < 4.78 is 29.3. The smallest absolute Gasteiger partial charge is 0.281 e. The molecule has 0 spiro atoms. The molecule has 0 fully saturated rings. The van der Waals surface area contributed by atoms with Crippen molar-refractivity contribution in [2.75, 3.05) is 12.8 Å². The number of methoxy groups -OCH3 is 1. The Morgan fingerprint density at radius 2 is 2.08 bits per heavy atom. The number of anilines is 1. The predicted octanol–water partition coefficient (Wildman–Crippen LogP) is 1.77. The molecular formula is C6H6BrF2N3O. The van der Waals surface area contributed by atoms with E-state index in [1.807, 2.05) is 0 Å². The largest absolute Gasteiger partial charge is 0.480 e. The van der Waals surface area contributed by atoms with Crippen LogP contribution in [0.25, 0.3) is 0 Å². The number of rotatable bonds is 2. The van der Waals surface area contributed by atoms with Gasteiger partial charge in [0.2, 0.25) is 11.8 Å². The van der Waals surface area contributed by atoms with Crippen molar-refractivity contribution in [1.82, 2.24) is 9.97 Å². The molecule has 0 saturated heterocycles. The molecule has 0 aromatic carbocycles. The summed E-state index contributed by atoms with van der Waals surface area (Å²) in [5, 5.41) is 0. The Morgan fingerprint density at radius 3 is 2.54 bits per heavy atom. The van der Waals surface area contributed by atoms with Crippen molar-refractivity contribution < 1.29 is 13.5 Å². The maximum atomic E-state index is 12.3. The van der Waals surface area contributed by atoms with E-state index in [9.17, 15) is 8.78 Å². The Kier molecular flexibility index (Phi) is 2.97. The van der Waals surface area contributed by atoms with Gasteiger partial charge in [0.1, 0.15) is 10.2 Å². The summed E-state index contributed by atoms with van der Waals surface area (Å²) >= 11 is 2.89. The fraction of sp³-hybridized carbons (Fsp3) is 0.333. The van der Waals surface area contributed by atoms with Crippen LogP contribution in [0.1, 0.15) is 12.1 Å². The monoisotopic (exact) mass is 253 g/mol. The lowest BCUT2D eigenvalue weighted by molar-refractivity contribution is 0.144. The van der Waals surface area contributed by atoms with E-state index < -0.39 is 12.1 Å². The molecule has 0 atom stereocenters. The third-order valence-corrected chi connectivity index (χ3v) is 2.01. The van der Waals surface area contributed by atoms with Crippen molar-refractivity contribution in [2.45, 2.75) is 6.43 Å². The molecule has 0 unspecified atom stereocenters. The van der Waals surface area contributed by atoms with Crippen molar-refractivity contribution >= 4 is 21.9 Å². The summed E-state index contributed by atoms with van der Waals surface area (Å²) in [6, 6.07) is 0. The van der Waals surface area contributed by atoms with E-state index in [2.05, 4.69) is 25.9 Å². The number of ether oxygens (including phenoxy) is 1. The van der Waals surface area contributed by atoms with Gasteiger partial charge in [-0.3, -0.25) is 0 Å². The van der Waals surface area contributed by atoms with Gasteiger partial charge in [-0.15, -0.1) is 0 Å².